The fourth-order valence-corrected chi connectivity index (χ4v) is 2.41. The zero-order valence-electron chi connectivity index (χ0n) is 11.1. The molecule has 0 saturated carbocycles. The molecule has 0 aromatic carbocycles. The minimum Gasteiger partial charge on any atom is -0.366 e. The number of rotatable bonds is 3. The number of aromatic nitrogens is 1. The van der Waals surface area contributed by atoms with E-state index in [1.54, 1.807) is 12.1 Å². The Kier molecular flexibility index (Phi) is 4.14. The van der Waals surface area contributed by atoms with Gasteiger partial charge < -0.3 is 10.6 Å². The summed E-state index contributed by atoms with van der Waals surface area (Å²) in [5.74, 6) is -0.00715. The Morgan fingerprint density at radius 2 is 2.26 bits per heavy atom. The topological polar surface area (TPSA) is 76.3 Å². The van der Waals surface area contributed by atoms with Crippen LogP contribution in [-0.2, 0) is 0 Å². The molecule has 1 aliphatic heterocycles. The number of carbonyl (C=O) groups excluding carboxylic acids is 2. The Morgan fingerprint density at radius 3 is 2.84 bits per heavy atom. The van der Waals surface area contributed by atoms with Gasteiger partial charge in [-0.1, -0.05) is 13.3 Å². The van der Waals surface area contributed by atoms with Gasteiger partial charge >= 0.3 is 0 Å². The minimum atomic E-state index is -0.532. The lowest BCUT2D eigenvalue weighted by Gasteiger charge is -2.32. The Bertz CT molecular complexity index is 470. The van der Waals surface area contributed by atoms with Crippen LogP contribution >= 0.6 is 0 Å². The van der Waals surface area contributed by atoms with E-state index in [0.29, 0.717) is 17.2 Å². The Balaban J connectivity index is 2.08. The fraction of sp³-hybridized carbons (Fsp3) is 0.500. The lowest BCUT2D eigenvalue weighted by Crippen LogP contribution is -2.40. The summed E-state index contributed by atoms with van der Waals surface area (Å²) in [6.45, 7) is 3.74. The average Bonchev–Trinajstić information content (AvgIpc) is 2.46. The van der Waals surface area contributed by atoms with Gasteiger partial charge in [0.2, 0.25) is 5.91 Å². The first kappa shape index (κ1) is 13.5. The highest BCUT2D eigenvalue weighted by Gasteiger charge is 2.24. The lowest BCUT2D eigenvalue weighted by molar-refractivity contribution is 0.0665. The minimum absolute atomic E-state index is 0.0610. The van der Waals surface area contributed by atoms with Crippen molar-refractivity contribution in [3.05, 3.63) is 29.6 Å². The van der Waals surface area contributed by atoms with E-state index < -0.39 is 5.91 Å². The quantitative estimate of drug-likeness (QED) is 0.894. The molecule has 1 fully saturated rings. The van der Waals surface area contributed by atoms with E-state index in [4.69, 9.17) is 5.73 Å². The molecule has 5 heteroatoms. The molecule has 102 valence electrons. The summed E-state index contributed by atoms with van der Waals surface area (Å²) < 4.78 is 0. The molecular weight excluding hydrogens is 242 g/mol. The molecule has 0 spiro atoms. The van der Waals surface area contributed by atoms with Gasteiger partial charge in [-0.15, -0.1) is 0 Å². The normalized spacial score (nSPS) is 19.2. The molecule has 2 heterocycles. The molecule has 5 nitrogen and oxygen atoms in total. The molecule has 19 heavy (non-hydrogen) atoms. The molecule has 1 aromatic heterocycles. The molecule has 2 rings (SSSR count). The van der Waals surface area contributed by atoms with Crippen molar-refractivity contribution in [1.82, 2.24) is 9.88 Å². The molecule has 0 aliphatic carbocycles. The number of hydrogen-bond acceptors (Lipinski definition) is 3. The average molecular weight is 261 g/mol. The van der Waals surface area contributed by atoms with Crippen molar-refractivity contribution in [1.29, 1.82) is 0 Å². The second-order valence-electron chi connectivity index (χ2n) is 4.96. The predicted octanol–water partition coefficient (Wildman–Crippen LogP) is 1.44. The van der Waals surface area contributed by atoms with Crippen LogP contribution in [0.5, 0.6) is 0 Å². The third-order valence-electron chi connectivity index (χ3n) is 3.65. The SMILES string of the molecule is CCC1CCCN(C(=O)c2ccc(C(N)=O)cn2)C1. The molecule has 1 unspecified atom stereocenters. The predicted molar refractivity (Wildman–Crippen MR) is 71.7 cm³/mol. The van der Waals surface area contributed by atoms with Crippen LogP contribution in [0.15, 0.2) is 18.3 Å². The van der Waals surface area contributed by atoms with Gasteiger partial charge in [-0.25, -0.2) is 0 Å². The molecule has 0 radical (unpaired) electrons. The van der Waals surface area contributed by atoms with Crippen molar-refractivity contribution in [2.45, 2.75) is 26.2 Å². The van der Waals surface area contributed by atoms with Crippen LogP contribution in [0.1, 0.15) is 47.0 Å². The molecule has 1 atom stereocenters. The molecule has 1 aliphatic rings. The van der Waals surface area contributed by atoms with E-state index in [-0.39, 0.29) is 5.91 Å². The maximum Gasteiger partial charge on any atom is 0.272 e. The van der Waals surface area contributed by atoms with Gasteiger partial charge in [0.05, 0.1) is 5.56 Å². The van der Waals surface area contributed by atoms with E-state index in [2.05, 4.69) is 11.9 Å². The van der Waals surface area contributed by atoms with Crippen molar-refractivity contribution >= 4 is 11.8 Å². The van der Waals surface area contributed by atoms with Gasteiger partial charge in [-0.3, -0.25) is 14.6 Å². The van der Waals surface area contributed by atoms with Crippen molar-refractivity contribution < 1.29 is 9.59 Å². The third kappa shape index (κ3) is 3.10. The summed E-state index contributed by atoms with van der Waals surface area (Å²) >= 11 is 0. The number of pyridine rings is 1. The van der Waals surface area contributed by atoms with E-state index in [9.17, 15) is 9.59 Å². The maximum atomic E-state index is 12.3. The van der Waals surface area contributed by atoms with Gasteiger partial charge in [0.25, 0.3) is 5.91 Å². The molecule has 1 saturated heterocycles. The van der Waals surface area contributed by atoms with Gasteiger partial charge in [-0.05, 0) is 30.9 Å². The van der Waals surface area contributed by atoms with Crippen molar-refractivity contribution in [2.75, 3.05) is 13.1 Å². The molecule has 1 aromatic rings. The van der Waals surface area contributed by atoms with E-state index in [1.165, 1.54) is 12.6 Å². The first-order valence-electron chi connectivity index (χ1n) is 6.67. The Hall–Kier alpha value is -1.91. The van der Waals surface area contributed by atoms with Crippen LogP contribution in [0.25, 0.3) is 0 Å². The number of amides is 2. The summed E-state index contributed by atoms with van der Waals surface area (Å²) in [4.78, 5) is 29.1. The van der Waals surface area contributed by atoms with E-state index in [0.717, 1.165) is 25.9 Å². The standard InChI is InChI=1S/C14H19N3O2/c1-2-10-4-3-7-17(9-10)14(19)12-6-5-11(8-16-12)13(15)18/h5-6,8,10H,2-4,7,9H2,1H3,(H2,15,18). The largest absolute Gasteiger partial charge is 0.366 e. The van der Waals surface area contributed by atoms with Crippen LogP contribution < -0.4 is 5.73 Å². The number of nitrogens with two attached hydrogens (primary N) is 1. The number of likely N-dealkylation sites (tertiary alicyclic amines) is 1. The van der Waals surface area contributed by atoms with Crippen molar-refractivity contribution in [3.8, 4) is 0 Å². The summed E-state index contributed by atoms with van der Waals surface area (Å²) in [6, 6.07) is 3.11. The summed E-state index contributed by atoms with van der Waals surface area (Å²) in [6.07, 6.45) is 4.69. The summed E-state index contributed by atoms with van der Waals surface area (Å²) in [5, 5.41) is 0. The van der Waals surface area contributed by atoms with Crippen molar-refractivity contribution in [2.24, 2.45) is 11.7 Å². The first-order valence-corrected chi connectivity index (χ1v) is 6.67. The van der Waals surface area contributed by atoms with Crippen LogP contribution in [0.4, 0.5) is 0 Å². The smallest absolute Gasteiger partial charge is 0.272 e. The molecule has 2 N–H and O–H groups in total. The van der Waals surface area contributed by atoms with Gasteiger partial charge in [-0.2, -0.15) is 0 Å². The third-order valence-corrected chi connectivity index (χ3v) is 3.65. The van der Waals surface area contributed by atoms with Gasteiger partial charge in [0.1, 0.15) is 5.69 Å². The maximum absolute atomic E-state index is 12.3. The molecule has 0 bridgehead atoms. The Morgan fingerprint density at radius 1 is 1.47 bits per heavy atom. The van der Waals surface area contributed by atoms with Gasteiger partial charge in [0, 0.05) is 19.3 Å². The van der Waals surface area contributed by atoms with Crippen LogP contribution in [0.2, 0.25) is 0 Å². The number of carbonyl (C=O) groups is 2. The fourth-order valence-electron chi connectivity index (χ4n) is 2.41. The van der Waals surface area contributed by atoms with Crippen LogP contribution in [-0.4, -0.2) is 34.8 Å². The van der Waals surface area contributed by atoms with E-state index in [1.807, 2.05) is 4.90 Å². The zero-order chi connectivity index (χ0) is 13.8. The lowest BCUT2D eigenvalue weighted by atomic mass is 9.95. The number of hydrogen-bond donors (Lipinski definition) is 1. The number of primary amides is 1. The van der Waals surface area contributed by atoms with Gasteiger partial charge in [0.15, 0.2) is 0 Å². The van der Waals surface area contributed by atoms with E-state index >= 15 is 0 Å². The number of piperidine rings is 1. The molecular formula is C14H19N3O2. The first-order chi connectivity index (χ1) is 9.11. The highest BCUT2D eigenvalue weighted by molar-refractivity contribution is 5.95. The molecule has 2 amide bonds. The monoisotopic (exact) mass is 261 g/mol. The highest BCUT2D eigenvalue weighted by atomic mass is 16.2. The van der Waals surface area contributed by atoms with Crippen LogP contribution in [0.3, 0.4) is 0 Å². The highest BCUT2D eigenvalue weighted by Crippen LogP contribution is 2.20. The number of nitrogens with zero attached hydrogens (tertiary/aromatic N) is 2. The summed E-state index contributed by atoms with van der Waals surface area (Å²) in [7, 11) is 0. The second kappa shape index (κ2) is 5.82. The Labute approximate surface area is 112 Å². The van der Waals surface area contributed by atoms with Crippen LogP contribution in [0, 0.1) is 5.92 Å². The zero-order valence-corrected chi connectivity index (χ0v) is 11.1. The second-order valence-corrected chi connectivity index (χ2v) is 4.96. The van der Waals surface area contributed by atoms with Crippen molar-refractivity contribution in [3.63, 3.8) is 0 Å². The summed E-state index contributed by atoms with van der Waals surface area (Å²) in [5.41, 5.74) is 5.84.